The second kappa shape index (κ2) is 9.98. The summed E-state index contributed by atoms with van der Waals surface area (Å²) >= 11 is 0. The SMILES string of the molecule is COc1cccc(C(=O)[C@@H]2[C@@H](c3cccc(OC)c3OC)C3(C(=O)c4ccccc4C3=O)[C@H]3C=Cc4ccccc4N23)c1. The molecule has 1 fully saturated rings. The lowest BCUT2D eigenvalue weighted by Crippen LogP contribution is -2.48. The van der Waals surface area contributed by atoms with Crippen LogP contribution in [-0.2, 0) is 0 Å². The number of anilines is 1. The fraction of sp³-hybridized carbons (Fsp3) is 0.194. The van der Waals surface area contributed by atoms with Crippen LogP contribution < -0.4 is 19.1 Å². The van der Waals surface area contributed by atoms with Gasteiger partial charge in [-0.25, -0.2) is 0 Å². The first-order valence-electron chi connectivity index (χ1n) is 14.1. The molecule has 7 heteroatoms. The molecule has 0 N–H and O–H groups in total. The Balaban J connectivity index is 1.58. The number of rotatable bonds is 6. The predicted octanol–water partition coefficient (Wildman–Crippen LogP) is 6.03. The Labute approximate surface area is 249 Å². The number of para-hydroxylation sites is 2. The number of hydrogen-bond acceptors (Lipinski definition) is 7. The maximum atomic E-state index is 14.9. The van der Waals surface area contributed by atoms with Gasteiger partial charge in [0.15, 0.2) is 28.8 Å². The van der Waals surface area contributed by atoms with Crippen LogP contribution in [0.15, 0.2) is 97.1 Å². The van der Waals surface area contributed by atoms with Crippen molar-refractivity contribution in [3.63, 3.8) is 0 Å². The van der Waals surface area contributed by atoms with Gasteiger partial charge in [-0.3, -0.25) is 14.4 Å². The lowest BCUT2D eigenvalue weighted by atomic mass is 9.64. The van der Waals surface area contributed by atoms with Gasteiger partial charge in [-0.1, -0.05) is 78.9 Å². The van der Waals surface area contributed by atoms with Crippen LogP contribution in [-0.4, -0.2) is 50.8 Å². The molecule has 0 radical (unpaired) electrons. The molecule has 7 rings (SSSR count). The monoisotopic (exact) mass is 571 g/mol. The molecule has 0 amide bonds. The van der Waals surface area contributed by atoms with E-state index < -0.39 is 23.4 Å². The van der Waals surface area contributed by atoms with Crippen LogP contribution in [0.3, 0.4) is 0 Å². The van der Waals surface area contributed by atoms with Crippen LogP contribution in [0, 0.1) is 5.41 Å². The van der Waals surface area contributed by atoms with Crippen LogP contribution in [0.4, 0.5) is 5.69 Å². The van der Waals surface area contributed by atoms with Gasteiger partial charge in [0.2, 0.25) is 0 Å². The lowest BCUT2D eigenvalue weighted by molar-refractivity contribution is 0.0664. The molecule has 7 nitrogen and oxygen atoms in total. The van der Waals surface area contributed by atoms with Gasteiger partial charge < -0.3 is 19.1 Å². The maximum Gasteiger partial charge on any atom is 0.186 e. The number of ether oxygens (including phenoxy) is 3. The van der Waals surface area contributed by atoms with Crippen molar-refractivity contribution in [2.75, 3.05) is 26.2 Å². The van der Waals surface area contributed by atoms with E-state index in [-0.39, 0.29) is 17.3 Å². The molecule has 2 aliphatic heterocycles. The number of methoxy groups -OCH3 is 3. The molecule has 214 valence electrons. The number of hydrogen-bond donors (Lipinski definition) is 0. The van der Waals surface area contributed by atoms with Gasteiger partial charge in [-0.05, 0) is 29.8 Å². The van der Waals surface area contributed by atoms with E-state index in [9.17, 15) is 14.4 Å². The van der Waals surface area contributed by atoms with E-state index in [2.05, 4.69) is 0 Å². The Kier molecular flexibility index (Phi) is 6.20. The predicted molar refractivity (Wildman–Crippen MR) is 163 cm³/mol. The van der Waals surface area contributed by atoms with Gasteiger partial charge in [0.05, 0.1) is 27.4 Å². The molecular formula is C36H29NO6. The first-order valence-corrected chi connectivity index (χ1v) is 14.1. The van der Waals surface area contributed by atoms with Gasteiger partial charge in [0.1, 0.15) is 17.2 Å². The molecule has 3 aliphatic rings. The zero-order chi connectivity index (χ0) is 29.9. The van der Waals surface area contributed by atoms with Gasteiger partial charge in [0, 0.05) is 33.9 Å². The Morgan fingerprint density at radius 1 is 0.767 bits per heavy atom. The van der Waals surface area contributed by atoms with E-state index in [0.29, 0.717) is 39.5 Å². The van der Waals surface area contributed by atoms with Crippen LogP contribution in [0.25, 0.3) is 6.08 Å². The summed E-state index contributed by atoms with van der Waals surface area (Å²) in [6.07, 6.45) is 3.85. The first-order chi connectivity index (χ1) is 21.0. The van der Waals surface area contributed by atoms with Crippen molar-refractivity contribution in [3.05, 3.63) is 125 Å². The highest BCUT2D eigenvalue weighted by molar-refractivity contribution is 6.32. The number of ketones is 3. The van der Waals surface area contributed by atoms with Crippen molar-refractivity contribution in [1.82, 2.24) is 0 Å². The average Bonchev–Trinajstić information content (AvgIpc) is 3.49. The van der Waals surface area contributed by atoms with Crippen molar-refractivity contribution in [3.8, 4) is 17.2 Å². The van der Waals surface area contributed by atoms with Crippen LogP contribution >= 0.6 is 0 Å². The van der Waals surface area contributed by atoms with E-state index in [4.69, 9.17) is 14.2 Å². The minimum Gasteiger partial charge on any atom is -0.497 e. The largest absolute Gasteiger partial charge is 0.497 e. The summed E-state index contributed by atoms with van der Waals surface area (Å²) in [4.78, 5) is 46.6. The Bertz CT molecular complexity index is 1810. The highest BCUT2D eigenvalue weighted by atomic mass is 16.5. The third kappa shape index (κ3) is 3.57. The molecule has 0 aromatic heterocycles. The molecule has 4 aromatic carbocycles. The van der Waals surface area contributed by atoms with E-state index in [0.717, 1.165) is 11.3 Å². The second-order valence-corrected chi connectivity index (χ2v) is 10.9. The van der Waals surface area contributed by atoms with Crippen molar-refractivity contribution in [2.45, 2.75) is 18.0 Å². The molecular weight excluding hydrogens is 542 g/mol. The molecule has 2 heterocycles. The normalized spacial score (nSPS) is 20.9. The molecule has 1 spiro atoms. The highest BCUT2D eigenvalue weighted by Crippen LogP contribution is 2.62. The molecule has 1 saturated heterocycles. The summed E-state index contributed by atoms with van der Waals surface area (Å²) in [6, 6.07) is 25.3. The standard InChI is InChI=1S/C36H29NO6/c1-41-23-12-8-11-22(20-23)32(38)31-30(26-15-9-17-28(42-2)33(26)43-3)36(34(39)24-13-5-6-14-25(24)35(36)40)29-19-18-21-10-4-7-16-27(21)37(29)31/h4-20,29-31H,1-3H3/t29-,30-,31+/m1/s1. The quantitative estimate of drug-likeness (QED) is 0.207. The first kappa shape index (κ1) is 26.7. The van der Waals surface area contributed by atoms with Gasteiger partial charge >= 0.3 is 0 Å². The summed E-state index contributed by atoms with van der Waals surface area (Å²) < 4.78 is 17.0. The van der Waals surface area contributed by atoms with Crippen LogP contribution in [0.2, 0.25) is 0 Å². The molecule has 0 unspecified atom stereocenters. The fourth-order valence-electron chi connectivity index (χ4n) is 7.36. The van der Waals surface area contributed by atoms with Crippen LogP contribution in [0.1, 0.15) is 48.1 Å². The summed E-state index contributed by atoms with van der Waals surface area (Å²) in [5.41, 5.74) is 1.71. The third-order valence-corrected chi connectivity index (χ3v) is 9.10. The summed E-state index contributed by atoms with van der Waals surface area (Å²) in [7, 11) is 4.61. The number of Topliss-reactive ketones (excluding diaryl/α,β-unsaturated/α-hetero) is 3. The van der Waals surface area contributed by atoms with E-state index in [1.807, 2.05) is 47.4 Å². The summed E-state index contributed by atoms with van der Waals surface area (Å²) in [5, 5.41) is 0. The number of benzene rings is 4. The number of carbonyl (C=O) groups excluding carboxylic acids is 3. The molecule has 1 aliphatic carbocycles. The number of nitrogens with zero attached hydrogens (tertiary/aromatic N) is 1. The van der Waals surface area contributed by atoms with Gasteiger partial charge in [-0.15, -0.1) is 0 Å². The van der Waals surface area contributed by atoms with E-state index >= 15 is 0 Å². The molecule has 0 saturated carbocycles. The minimum absolute atomic E-state index is 0.239. The molecule has 3 atom stereocenters. The third-order valence-electron chi connectivity index (χ3n) is 9.10. The molecule has 4 aromatic rings. The molecule has 43 heavy (non-hydrogen) atoms. The maximum absolute atomic E-state index is 14.9. The zero-order valence-corrected chi connectivity index (χ0v) is 23.9. The lowest BCUT2D eigenvalue weighted by Gasteiger charge is -2.37. The Hall–Kier alpha value is -5.17. The minimum atomic E-state index is -1.65. The summed E-state index contributed by atoms with van der Waals surface area (Å²) in [6.45, 7) is 0. The summed E-state index contributed by atoms with van der Waals surface area (Å²) in [5.74, 6) is -0.414. The van der Waals surface area contributed by atoms with Gasteiger partial charge in [0.25, 0.3) is 0 Å². The van der Waals surface area contributed by atoms with E-state index in [1.54, 1.807) is 67.8 Å². The topological polar surface area (TPSA) is 82.1 Å². The van der Waals surface area contributed by atoms with Crippen molar-refractivity contribution in [1.29, 1.82) is 0 Å². The second-order valence-electron chi connectivity index (χ2n) is 10.9. The number of carbonyl (C=O) groups is 3. The van der Waals surface area contributed by atoms with Crippen molar-refractivity contribution >= 4 is 29.1 Å². The Morgan fingerprint density at radius 3 is 2.16 bits per heavy atom. The highest BCUT2D eigenvalue weighted by Gasteiger charge is 2.72. The average molecular weight is 572 g/mol. The van der Waals surface area contributed by atoms with E-state index in [1.165, 1.54) is 14.2 Å². The fourth-order valence-corrected chi connectivity index (χ4v) is 7.36. The van der Waals surface area contributed by atoms with Gasteiger partial charge in [-0.2, -0.15) is 0 Å². The zero-order valence-electron chi connectivity index (χ0n) is 23.9. The van der Waals surface area contributed by atoms with Crippen molar-refractivity contribution < 1.29 is 28.6 Å². The molecule has 0 bridgehead atoms. The van der Waals surface area contributed by atoms with Crippen molar-refractivity contribution in [2.24, 2.45) is 5.41 Å². The number of fused-ring (bicyclic) bond motifs is 5. The smallest absolute Gasteiger partial charge is 0.186 e. The Morgan fingerprint density at radius 2 is 1.47 bits per heavy atom. The van der Waals surface area contributed by atoms with Crippen LogP contribution in [0.5, 0.6) is 17.2 Å².